The van der Waals surface area contributed by atoms with Crippen molar-refractivity contribution in [3.63, 3.8) is 0 Å². The molecule has 0 aliphatic carbocycles. The number of nitrogens with one attached hydrogen (secondary N) is 2. The second kappa shape index (κ2) is 5.40. The summed E-state index contributed by atoms with van der Waals surface area (Å²) in [5, 5.41) is 14.6. The lowest BCUT2D eigenvalue weighted by Gasteiger charge is -2.07. The van der Waals surface area contributed by atoms with Crippen LogP contribution < -0.4 is 11.1 Å². The Morgan fingerprint density at radius 3 is 3.04 bits per heavy atom. The lowest BCUT2D eigenvalue weighted by Crippen LogP contribution is -2.00. The molecule has 0 amide bonds. The monoisotopic (exact) mass is 325 g/mol. The van der Waals surface area contributed by atoms with Gasteiger partial charge in [0.1, 0.15) is 5.82 Å². The molecular weight excluding hydrogens is 310 g/mol. The summed E-state index contributed by atoms with van der Waals surface area (Å²) in [4.78, 5) is 5.51. The maximum atomic E-state index is 5.94. The fourth-order valence-electron chi connectivity index (χ4n) is 2.46. The SMILES string of the molecule is Cn1cc(CNc2cc(N)nc3cc(-c4ccn[nH]4)sc23)cn1. The number of H-pyrrole nitrogens is 1. The zero-order valence-corrected chi connectivity index (χ0v) is 13.3. The Bertz CT molecular complexity index is 952. The average molecular weight is 325 g/mol. The highest BCUT2D eigenvalue weighted by Gasteiger charge is 2.11. The number of pyridine rings is 1. The van der Waals surface area contributed by atoms with Crippen LogP contribution in [0.2, 0.25) is 0 Å². The predicted octanol–water partition coefficient (Wildman–Crippen LogP) is 2.61. The number of thiophene rings is 1. The van der Waals surface area contributed by atoms with Crippen molar-refractivity contribution in [2.75, 3.05) is 11.1 Å². The molecule has 0 aliphatic heterocycles. The normalized spacial score (nSPS) is 11.2. The van der Waals surface area contributed by atoms with Gasteiger partial charge in [-0.15, -0.1) is 11.3 Å². The predicted molar refractivity (Wildman–Crippen MR) is 92.1 cm³/mol. The van der Waals surface area contributed by atoms with Crippen molar-refractivity contribution in [2.24, 2.45) is 7.05 Å². The summed E-state index contributed by atoms with van der Waals surface area (Å²) in [6.07, 6.45) is 5.57. The molecule has 8 heteroatoms. The number of rotatable bonds is 4. The van der Waals surface area contributed by atoms with E-state index in [2.05, 4.69) is 25.6 Å². The summed E-state index contributed by atoms with van der Waals surface area (Å²) < 4.78 is 2.86. The Hall–Kier alpha value is -2.87. The molecule has 0 aromatic carbocycles. The van der Waals surface area contributed by atoms with E-state index in [1.165, 1.54) is 0 Å². The van der Waals surface area contributed by atoms with Crippen LogP contribution in [0, 0.1) is 0 Å². The lowest BCUT2D eigenvalue weighted by atomic mass is 10.3. The van der Waals surface area contributed by atoms with E-state index in [1.807, 2.05) is 37.6 Å². The number of fused-ring (bicyclic) bond motifs is 1. The molecule has 0 spiro atoms. The number of nitrogens with two attached hydrogens (primary N) is 1. The fraction of sp³-hybridized carbons (Fsp3) is 0.133. The van der Waals surface area contributed by atoms with E-state index in [4.69, 9.17) is 5.73 Å². The minimum absolute atomic E-state index is 0.500. The summed E-state index contributed by atoms with van der Waals surface area (Å²) >= 11 is 1.66. The van der Waals surface area contributed by atoms with Gasteiger partial charge in [-0.25, -0.2) is 4.98 Å². The Labute approximate surface area is 136 Å². The fourth-order valence-corrected chi connectivity index (χ4v) is 3.52. The van der Waals surface area contributed by atoms with Crippen molar-refractivity contribution < 1.29 is 0 Å². The summed E-state index contributed by atoms with van der Waals surface area (Å²) in [6.45, 7) is 0.684. The number of nitrogen functional groups attached to an aromatic ring is 1. The smallest absolute Gasteiger partial charge is 0.126 e. The van der Waals surface area contributed by atoms with E-state index in [-0.39, 0.29) is 0 Å². The van der Waals surface area contributed by atoms with Gasteiger partial charge in [-0.2, -0.15) is 10.2 Å². The Kier molecular flexibility index (Phi) is 3.23. The van der Waals surface area contributed by atoms with E-state index in [1.54, 1.807) is 22.2 Å². The van der Waals surface area contributed by atoms with Gasteiger partial charge in [0.2, 0.25) is 0 Å². The molecule has 0 fully saturated rings. The molecule has 0 aliphatic rings. The van der Waals surface area contributed by atoms with E-state index in [0.717, 1.165) is 32.0 Å². The molecule has 4 aromatic heterocycles. The molecule has 4 aromatic rings. The van der Waals surface area contributed by atoms with E-state index in [0.29, 0.717) is 12.4 Å². The van der Waals surface area contributed by atoms with Crippen molar-refractivity contribution in [3.8, 4) is 10.6 Å². The van der Waals surface area contributed by atoms with E-state index < -0.39 is 0 Å². The van der Waals surface area contributed by atoms with Crippen LogP contribution in [-0.2, 0) is 13.6 Å². The highest BCUT2D eigenvalue weighted by atomic mass is 32.1. The number of aromatic nitrogens is 5. The van der Waals surface area contributed by atoms with E-state index >= 15 is 0 Å². The van der Waals surface area contributed by atoms with Gasteiger partial charge >= 0.3 is 0 Å². The van der Waals surface area contributed by atoms with Crippen LogP contribution in [0.15, 0.2) is 36.8 Å². The van der Waals surface area contributed by atoms with Gasteiger partial charge < -0.3 is 11.1 Å². The quantitative estimate of drug-likeness (QED) is 0.536. The third kappa shape index (κ3) is 2.64. The zero-order valence-electron chi connectivity index (χ0n) is 12.4. The first-order valence-corrected chi connectivity index (χ1v) is 7.92. The first-order chi connectivity index (χ1) is 11.2. The Morgan fingerprint density at radius 2 is 2.30 bits per heavy atom. The van der Waals surface area contributed by atoms with Crippen molar-refractivity contribution in [1.29, 1.82) is 0 Å². The summed E-state index contributed by atoms with van der Waals surface area (Å²) in [7, 11) is 1.90. The average Bonchev–Trinajstić information content (AvgIpc) is 3.24. The Morgan fingerprint density at radius 1 is 1.39 bits per heavy atom. The van der Waals surface area contributed by atoms with Crippen LogP contribution in [0.3, 0.4) is 0 Å². The van der Waals surface area contributed by atoms with Crippen LogP contribution in [-0.4, -0.2) is 25.0 Å². The first-order valence-electron chi connectivity index (χ1n) is 7.10. The number of aromatic amines is 1. The molecule has 116 valence electrons. The van der Waals surface area contributed by atoms with Gasteiger partial charge in [-0.1, -0.05) is 0 Å². The molecule has 0 radical (unpaired) electrons. The highest BCUT2D eigenvalue weighted by molar-refractivity contribution is 7.22. The molecule has 0 bridgehead atoms. The first kappa shape index (κ1) is 13.8. The molecular formula is C15H15N7S. The maximum absolute atomic E-state index is 5.94. The van der Waals surface area contributed by atoms with Crippen molar-refractivity contribution >= 4 is 33.1 Å². The van der Waals surface area contributed by atoms with Gasteiger partial charge in [-0.05, 0) is 12.1 Å². The van der Waals surface area contributed by atoms with Crippen LogP contribution in [0.4, 0.5) is 11.5 Å². The largest absolute Gasteiger partial charge is 0.384 e. The van der Waals surface area contributed by atoms with Gasteiger partial charge in [0.05, 0.1) is 32.7 Å². The standard InChI is InChI=1S/C15H15N7S/c1-22-8-9(7-19-22)6-17-11-5-14(16)20-12-4-13(23-15(11)12)10-2-3-18-21-10/h2-5,7-8H,6H2,1H3,(H,18,21)(H3,16,17,20). The highest BCUT2D eigenvalue weighted by Crippen LogP contribution is 2.36. The Balaban J connectivity index is 1.70. The molecule has 0 unspecified atom stereocenters. The molecule has 0 saturated carbocycles. The summed E-state index contributed by atoms with van der Waals surface area (Å²) in [6, 6.07) is 5.84. The van der Waals surface area contributed by atoms with Crippen LogP contribution in [0.5, 0.6) is 0 Å². The topological polar surface area (TPSA) is 97.4 Å². The maximum Gasteiger partial charge on any atom is 0.126 e. The third-order valence-corrected chi connectivity index (χ3v) is 4.70. The molecule has 4 heterocycles. The minimum atomic E-state index is 0.500. The van der Waals surface area contributed by atoms with Gasteiger partial charge in [0.25, 0.3) is 0 Å². The molecule has 0 atom stereocenters. The molecule has 4 rings (SSSR count). The van der Waals surface area contributed by atoms with Gasteiger partial charge in [-0.3, -0.25) is 9.78 Å². The number of anilines is 2. The van der Waals surface area contributed by atoms with Gasteiger partial charge in [0, 0.05) is 37.6 Å². The molecule has 7 nitrogen and oxygen atoms in total. The number of nitrogens with zero attached hydrogens (tertiary/aromatic N) is 4. The van der Waals surface area contributed by atoms with E-state index in [9.17, 15) is 0 Å². The van der Waals surface area contributed by atoms with Gasteiger partial charge in [0.15, 0.2) is 0 Å². The number of hydrogen-bond donors (Lipinski definition) is 3. The van der Waals surface area contributed by atoms with Crippen molar-refractivity contribution in [1.82, 2.24) is 25.0 Å². The molecule has 23 heavy (non-hydrogen) atoms. The minimum Gasteiger partial charge on any atom is -0.384 e. The second-order valence-electron chi connectivity index (χ2n) is 5.27. The van der Waals surface area contributed by atoms with Crippen LogP contribution in [0.1, 0.15) is 5.56 Å². The van der Waals surface area contributed by atoms with Crippen LogP contribution in [0.25, 0.3) is 20.8 Å². The van der Waals surface area contributed by atoms with Crippen LogP contribution >= 0.6 is 11.3 Å². The number of aryl methyl sites for hydroxylation is 1. The van der Waals surface area contributed by atoms with Crippen molar-refractivity contribution in [2.45, 2.75) is 6.54 Å². The second-order valence-corrected chi connectivity index (χ2v) is 6.32. The third-order valence-electron chi connectivity index (χ3n) is 3.51. The molecule has 4 N–H and O–H groups in total. The van der Waals surface area contributed by atoms with Crippen molar-refractivity contribution in [3.05, 3.63) is 42.4 Å². The molecule has 0 saturated heterocycles. The summed E-state index contributed by atoms with van der Waals surface area (Å²) in [5.74, 6) is 0.500. The summed E-state index contributed by atoms with van der Waals surface area (Å²) in [5.41, 5.74) is 9.89. The lowest BCUT2D eigenvalue weighted by molar-refractivity contribution is 0.767. The zero-order chi connectivity index (χ0) is 15.8. The number of hydrogen-bond acceptors (Lipinski definition) is 6.